The number of benzene rings is 5. The summed E-state index contributed by atoms with van der Waals surface area (Å²) in [6, 6.07) is 28.2. The molecule has 4 atom stereocenters. The molecule has 5 rings (SSSR count). The first kappa shape index (κ1) is 47.7. The van der Waals surface area contributed by atoms with E-state index < -0.39 is 68.3 Å². The van der Waals surface area contributed by atoms with E-state index in [0.29, 0.717) is 53.5 Å². The van der Waals surface area contributed by atoms with Gasteiger partial charge in [-0.25, -0.2) is 0 Å². The van der Waals surface area contributed by atoms with Crippen LogP contribution in [0.5, 0.6) is 0 Å². The van der Waals surface area contributed by atoms with E-state index in [2.05, 4.69) is 0 Å². The Hall–Kier alpha value is -4.35. The predicted octanol–water partition coefficient (Wildman–Crippen LogP) is 7.74. The van der Waals surface area contributed by atoms with E-state index in [0.717, 1.165) is 0 Å². The smallest absolute Gasteiger partial charge is 0.282 e. The minimum Gasteiger partial charge on any atom is -0.282 e. The molecule has 0 heterocycles. The Bertz CT molecular complexity index is 2720. The number of hydrogen-bond acceptors (Lipinski definition) is 10. The van der Waals surface area contributed by atoms with Crippen molar-refractivity contribution in [3.8, 4) is 0 Å². The monoisotopic (exact) mass is 936 g/mol. The van der Waals surface area contributed by atoms with Crippen LogP contribution in [0.1, 0.15) is 96.9 Å². The molecule has 0 bridgehead atoms. The second kappa shape index (κ2) is 18.6. The quantitative estimate of drug-likeness (QED) is 0.0526. The van der Waals surface area contributed by atoms with Crippen LogP contribution in [-0.4, -0.2) is 64.9 Å². The predicted molar refractivity (Wildman–Crippen MR) is 225 cm³/mol. The summed E-state index contributed by atoms with van der Waals surface area (Å²) in [5, 5.41) is 0. The highest BCUT2D eigenvalue weighted by atomic mass is 32.2. The van der Waals surface area contributed by atoms with Crippen LogP contribution in [-0.2, 0) is 50.6 Å². The molecule has 5 aromatic carbocycles. The first-order valence-electron chi connectivity index (χ1n) is 18.6. The van der Waals surface area contributed by atoms with Crippen molar-refractivity contribution in [2.24, 2.45) is 0 Å². The minimum absolute atomic E-state index is 0.265. The van der Waals surface area contributed by atoms with E-state index in [1.165, 1.54) is 60.7 Å². The van der Waals surface area contributed by atoms with Crippen LogP contribution in [0, 0.1) is 0 Å². The molecule has 0 aliphatic rings. The zero-order valence-corrected chi connectivity index (χ0v) is 36.7. The van der Waals surface area contributed by atoms with Crippen molar-refractivity contribution in [1.82, 2.24) is 0 Å². The fraction of sp³-hybridized carbons (Fsp3) is 0.268. The Morgan fingerprint density at radius 3 is 0.639 bits per heavy atom. The number of hydrogen-bond donors (Lipinski definition) is 5. The van der Waals surface area contributed by atoms with Gasteiger partial charge in [-0.2, -0.15) is 42.1 Å². The van der Waals surface area contributed by atoms with Crippen LogP contribution >= 0.6 is 0 Å². The van der Waals surface area contributed by atoms with Gasteiger partial charge >= 0.3 is 0 Å². The third-order valence-corrected chi connectivity index (χ3v) is 15.2. The molecule has 0 spiro atoms. The third-order valence-electron chi connectivity index (χ3n) is 10.9. The van der Waals surface area contributed by atoms with Gasteiger partial charge in [0.15, 0.2) is 0 Å². The Morgan fingerprint density at radius 1 is 0.295 bits per heavy atom. The molecule has 0 saturated heterocycles. The lowest BCUT2D eigenvalue weighted by Gasteiger charge is -2.31. The van der Waals surface area contributed by atoms with Gasteiger partial charge in [-0.15, -0.1) is 0 Å². The van der Waals surface area contributed by atoms with Gasteiger partial charge in [0, 0.05) is 0 Å². The summed E-state index contributed by atoms with van der Waals surface area (Å²) in [7, 11) is -22.6. The third kappa shape index (κ3) is 12.8. The summed E-state index contributed by atoms with van der Waals surface area (Å²) in [4.78, 5) is -1.63. The molecule has 0 fully saturated rings. The summed E-state index contributed by atoms with van der Waals surface area (Å²) >= 11 is 0. The SMILES string of the molecule is CC(CC(CC(CC(CC(C)c1ccc(S(=O)(=O)O)cc1)c1ccc(S(=O)(=O)O)cc1)c1ccc(S(=O)(=O)O)cc1)c1ccc(S(=O)(=O)O)cc1)c1ccc(S(=O)(=O)O)cc1. The molecular formula is C41H44O15S5. The maximum absolute atomic E-state index is 12.0. The van der Waals surface area contributed by atoms with E-state index >= 15 is 0 Å². The molecule has 20 heteroatoms. The second-order valence-electron chi connectivity index (χ2n) is 15.1. The first-order valence-corrected chi connectivity index (χ1v) is 25.8. The molecule has 0 aliphatic heterocycles. The van der Waals surface area contributed by atoms with Crippen LogP contribution in [0.4, 0.5) is 0 Å². The highest BCUT2D eigenvalue weighted by molar-refractivity contribution is 7.86. The molecule has 61 heavy (non-hydrogen) atoms. The van der Waals surface area contributed by atoms with Crippen molar-refractivity contribution < 1.29 is 64.9 Å². The van der Waals surface area contributed by atoms with Gasteiger partial charge in [0.05, 0.1) is 24.5 Å². The summed E-state index contributed by atoms with van der Waals surface area (Å²) in [6.45, 7) is 3.79. The van der Waals surface area contributed by atoms with Gasteiger partial charge in [0.2, 0.25) is 0 Å². The van der Waals surface area contributed by atoms with E-state index in [4.69, 9.17) is 0 Å². The summed E-state index contributed by atoms with van der Waals surface area (Å²) < 4.78 is 167. The normalized spacial score (nSPS) is 15.4. The molecule has 0 amide bonds. The lowest BCUT2D eigenvalue weighted by Crippen LogP contribution is -2.15. The topological polar surface area (TPSA) is 272 Å². The molecule has 4 unspecified atom stereocenters. The van der Waals surface area contributed by atoms with Gasteiger partial charge in [0.25, 0.3) is 50.6 Å². The fourth-order valence-electron chi connectivity index (χ4n) is 7.59. The van der Waals surface area contributed by atoms with E-state index in [1.807, 2.05) is 13.8 Å². The minimum atomic E-state index is -4.57. The Balaban J connectivity index is 1.62. The summed E-state index contributed by atoms with van der Waals surface area (Å²) in [6.07, 6.45) is 1.42. The van der Waals surface area contributed by atoms with Crippen molar-refractivity contribution in [2.45, 2.75) is 93.6 Å². The molecule has 0 radical (unpaired) electrons. The lowest BCUT2D eigenvalue weighted by molar-refractivity contribution is 0.413. The summed E-state index contributed by atoms with van der Waals surface area (Å²) in [5.41, 5.74) is 3.39. The molecule has 328 valence electrons. The van der Waals surface area contributed by atoms with Crippen LogP contribution in [0.2, 0.25) is 0 Å². The van der Waals surface area contributed by atoms with E-state index in [1.54, 1.807) is 60.7 Å². The largest absolute Gasteiger partial charge is 0.294 e. The zero-order chi connectivity index (χ0) is 45.1. The Labute approximate surface area is 356 Å². The van der Waals surface area contributed by atoms with Crippen LogP contribution in [0.25, 0.3) is 0 Å². The highest BCUT2D eigenvalue weighted by Crippen LogP contribution is 2.44. The van der Waals surface area contributed by atoms with Crippen molar-refractivity contribution >= 4 is 50.6 Å². The van der Waals surface area contributed by atoms with Crippen molar-refractivity contribution in [2.75, 3.05) is 0 Å². The second-order valence-corrected chi connectivity index (χ2v) is 22.2. The molecule has 0 aromatic heterocycles. The fourth-order valence-corrected chi connectivity index (χ4v) is 9.99. The van der Waals surface area contributed by atoms with Gasteiger partial charge in [-0.3, -0.25) is 22.8 Å². The Kier molecular flexibility index (Phi) is 14.5. The average molecular weight is 937 g/mol. The number of rotatable bonds is 18. The standard InChI is InChI=1S/C41H44O15S5/c1-27(29-3-13-37(14-4-29)57(42,43)44)23-34(31-7-17-39(18-8-31)59(48,49)50)25-36(33-11-21-41(22-12-33)61(54,55)56)26-35(32-9-19-40(20-10-32)60(51,52)53)24-28(2)30-5-15-38(16-6-30)58(45,46)47/h3-22,27-28,34-36H,23-26H2,1-2H3,(H,42,43,44)(H,45,46,47)(H,48,49,50)(H,51,52,53)(H,54,55,56). The maximum atomic E-state index is 12.0. The van der Waals surface area contributed by atoms with E-state index in [9.17, 15) is 64.9 Å². The van der Waals surface area contributed by atoms with Crippen molar-refractivity contribution in [3.05, 3.63) is 149 Å². The first-order chi connectivity index (χ1) is 28.2. The molecule has 5 N–H and O–H groups in total. The van der Waals surface area contributed by atoms with E-state index in [-0.39, 0.29) is 36.3 Å². The molecule has 5 aromatic rings. The van der Waals surface area contributed by atoms with Crippen molar-refractivity contribution in [3.63, 3.8) is 0 Å². The molecule has 15 nitrogen and oxygen atoms in total. The lowest BCUT2D eigenvalue weighted by atomic mass is 9.74. The van der Waals surface area contributed by atoms with Gasteiger partial charge < -0.3 is 0 Å². The zero-order valence-electron chi connectivity index (χ0n) is 32.6. The highest BCUT2D eigenvalue weighted by Gasteiger charge is 2.29. The van der Waals surface area contributed by atoms with Gasteiger partial charge in [-0.1, -0.05) is 74.5 Å². The molecular weight excluding hydrogens is 893 g/mol. The molecule has 0 saturated carbocycles. The van der Waals surface area contributed by atoms with Crippen LogP contribution < -0.4 is 0 Å². The summed E-state index contributed by atoms with van der Waals surface area (Å²) in [5.74, 6) is -1.77. The van der Waals surface area contributed by atoms with Crippen LogP contribution in [0.3, 0.4) is 0 Å². The Morgan fingerprint density at radius 2 is 0.459 bits per heavy atom. The average Bonchev–Trinajstić information content (AvgIpc) is 3.18. The van der Waals surface area contributed by atoms with Gasteiger partial charge in [-0.05, 0) is 144 Å². The molecule has 0 aliphatic carbocycles. The maximum Gasteiger partial charge on any atom is 0.294 e. The van der Waals surface area contributed by atoms with Crippen LogP contribution in [0.15, 0.2) is 146 Å². The van der Waals surface area contributed by atoms with Crippen molar-refractivity contribution in [1.29, 1.82) is 0 Å². The van der Waals surface area contributed by atoms with Gasteiger partial charge in [0.1, 0.15) is 0 Å².